The number of carboxylic acids is 1. The maximum atomic E-state index is 13.2. The van der Waals surface area contributed by atoms with Gasteiger partial charge in [-0.15, -0.1) is 16.4 Å². The number of nitrogens with zero attached hydrogens (tertiary/aromatic N) is 6. The fourth-order valence-corrected chi connectivity index (χ4v) is 6.41. The first-order chi connectivity index (χ1) is 23.5. The Hall–Kier alpha value is -5.63. The molecule has 0 saturated carbocycles. The number of urea groups is 1. The number of nitrogens with two attached hydrogens (primary N) is 1. The van der Waals surface area contributed by atoms with E-state index in [0.717, 1.165) is 48.3 Å². The van der Waals surface area contributed by atoms with Crippen LogP contribution >= 0.6 is 11.3 Å². The number of thiazole rings is 1. The molecule has 4 rings (SSSR count). The third-order valence-electron chi connectivity index (χ3n) is 7.07. The molecule has 1 aliphatic heterocycles. The minimum absolute atomic E-state index is 0.0152. The third kappa shape index (κ3) is 8.23. The van der Waals surface area contributed by atoms with Gasteiger partial charge in [0, 0.05) is 30.4 Å². The van der Waals surface area contributed by atoms with Crippen molar-refractivity contribution in [2.24, 2.45) is 5.16 Å². The normalized spacial score (nSPS) is 16.7. The Kier molecular flexibility index (Phi) is 10.4. The predicted octanol–water partition coefficient (Wildman–Crippen LogP) is -2.62. The van der Waals surface area contributed by atoms with Gasteiger partial charge >= 0.3 is 27.9 Å². The van der Waals surface area contributed by atoms with E-state index in [1.165, 1.54) is 17.0 Å². The summed E-state index contributed by atoms with van der Waals surface area (Å²) in [6, 6.07) is -3.39. The summed E-state index contributed by atoms with van der Waals surface area (Å²) in [6.45, 7) is 3.16. The summed E-state index contributed by atoms with van der Waals surface area (Å²) in [5, 5.41) is 29.8. The van der Waals surface area contributed by atoms with Crippen LogP contribution in [0.3, 0.4) is 0 Å². The molecule has 23 nitrogen and oxygen atoms in total. The van der Waals surface area contributed by atoms with E-state index >= 15 is 0 Å². The van der Waals surface area contributed by atoms with Gasteiger partial charge < -0.3 is 31.1 Å². The van der Waals surface area contributed by atoms with Crippen molar-refractivity contribution in [1.29, 1.82) is 0 Å². The maximum Gasteiger partial charge on any atom is 0.362 e. The predicted molar refractivity (Wildman–Crippen MR) is 175 cm³/mol. The zero-order chi connectivity index (χ0) is 38.2. The second-order valence-corrected chi connectivity index (χ2v) is 16.1. The van der Waals surface area contributed by atoms with Crippen molar-refractivity contribution < 1.29 is 51.1 Å². The number of rotatable bonds is 13. The maximum absolute atomic E-state index is 13.2. The standard InChI is InChI=1S/C25H30N10O13S3/c1-11-16(29-19(38)17(13-10-49-22(26)28-13)31-48-25(2,3)21(40)41)20(39)34(11)23(42)32-51(46,47)35-24(43)33(6-5-7-50(4,44)45)18(30-35)12-8-14(36)15(37)9-27-12/h8-11,16,37H,5-7H2,1-4H3,(H2,26,28)(H,27,36)(H,29,38)(H,32,42)(H,40,41)/b31-17-/t11-,16+/m1/s1. The lowest BCUT2D eigenvalue weighted by atomic mass is 9.97. The molecule has 0 bridgehead atoms. The van der Waals surface area contributed by atoms with Crippen molar-refractivity contribution in [1.82, 2.24) is 38.7 Å². The summed E-state index contributed by atoms with van der Waals surface area (Å²) < 4.78 is 51.8. The number of sulfone groups is 1. The number of β-lactam (4-membered cyclic amide) rings is 1. The van der Waals surface area contributed by atoms with Crippen LogP contribution in [0.2, 0.25) is 0 Å². The zero-order valence-electron chi connectivity index (χ0n) is 26.9. The molecule has 4 heterocycles. The highest BCUT2D eigenvalue weighted by Gasteiger charge is 2.50. The van der Waals surface area contributed by atoms with Crippen LogP contribution in [0.25, 0.3) is 11.5 Å². The Balaban J connectivity index is 1.55. The summed E-state index contributed by atoms with van der Waals surface area (Å²) in [5.74, 6) is -5.21. The molecule has 2 atom stereocenters. The van der Waals surface area contributed by atoms with E-state index in [1.807, 2.05) is 0 Å². The van der Waals surface area contributed by atoms with Gasteiger partial charge in [-0.2, -0.15) is 8.42 Å². The minimum Gasteiger partial charge on any atom is -0.503 e. The van der Waals surface area contributed by atoms with Crippen molar-refractivity contribution >= 4 is 66.0 Å². The number of hydrogen-bond acceptors (Lipinski definition) is 17. The van der Waals surface area contributed by atoms with E-state index in [1.54, 1.807) is 0 Å². The number of H-pyrrole nitrogens is 1. The van der Waals surface area contributed by atoms with Crippen LogP contribution in [0, 0.1) is 0 Å². The lowest BCUT2D eigenvalue weighted by Crippen LogP contribution is -2.73. The smallest absolute Gasteiger partial charge is 0.362 e. The number of aromatic amines is 1. The molecule has 1 aliphatic rings. The van der Waals surface area contributed by atoms with Crippen molar-refractivity contribution in [3.8, 4) is 17.3 Å². The lowest BCUT2D eigenvalue weighted by Gasteiger charge is -2.43. The first kappa shape index (κ1) is 38.2. The van der Waals surface area contributed by atoms with Gasteiger partial charge in [0.15, 0.2) is 22.4 Å². The van der Waals surface area contributed by atoms with E-state index in [-0.39, 0.29) is 27.0 Å². The van der Waals surface area contributed by atoms with Crippen LogP contribution in [0.1, 0.15) is 32.9 Å². The number of pyridine rings is 1. The van der Waals surface area contributed by atoms with E-state index in [2.05, 4.69) is 25.5 Å². The summed E-state index contributed by atoms with van der Waals surface area (Å²) in [5.41, 5.74) is 0.479. The van der Waals surface area contributed by atoms with Crippen LogP contribution in [-0.2, 0) is 45.8 Å². The molecule has 1 saturated heterocycles. The van der Waals surface area contributed by atoms with Crippen molar-refractivity contribution in [2.75, 3.05) is 17.7 Å². The molecular weight excluding hydrogens is 745 g/mol. The Morgan fingerprint density at radius 3 is 2.41 bits per heavy atom. The number of carbonyl (C=O) groups is 4. The Bertz CT molecular complexity index is 2290. The number of hydrogen-bond donors (Lipinski definition) is 6. The van der Waals surface area contributed by atoms with Crippen LogP contribution in [-0.4, -0.2) is 115 Å². The topological polar surface area (TPSA) is 338 Å². The number of aromatic nitrogens is 5. The van der Waals surface area contributed by atoms with Crippen molar-refractivity contribution in [3.63, 3.8) is 0 Å². The zero-order valence-corrected chi connectivity index (χ0v) is 29.3. The molecule has 51 heavy (non-hydrogen) atoms. The van der Waals surface area contributed by atoms with Crippen molar-refractivity contribution in [2.45, 2.75) is 51.4 Å². The summed E-state index contributed by atoms with van der Waals surface area (Å²) >= 11 is 0.913. The average Bonchev–Trinajstić information content (AvgIpc) is 3.59. The molecule has 0 spiro atoms. The Morgan fingerprint density at radius 1 is 1.20 bits per heavy atom. The molecule has 0 radical (unpaired) electrons. The van der Waals surface area contributed by atoms with Crippen molar-refractivity contribution in [3.05, 3.63) is 44.0 Å². The minimum atomic E-state index is -5.23. The quantitative estimate of drug-likeness (QED) is 0.0588. The molecule has 7 N–H and O–H groups in total. The fourth-order valence-electron chi connectivity index (χ4n) is 4.32. The number of aliphatic carboxylic acids is 1. The number of anilines is 1. The van der Waals surface area contributed by atoms with Crippen LogP contribution < -0.4 is 26.9 Å². The molecular formula is C25H30N10O13S3. The van der Waals surface area contributed by atoms with Gasteiger partial charge in [-0.1, -0.05) is 9.24 Å². The summed E-state index contributed by atoms with van der Waals surface area (Å²) in [4.78, 5) is 87.7. The monoisotopic (exact) mass is 774 g/mol. The van der Waals surface area contributed by atoms with Gasteiger partial charge in [0.25, 0.3) is 11.8 Å². The second-order valence-electron chi connectivity index (χ2n) is 11.4. The van der Waals surface area contributed by atoms with E-state index in [9.17, 15) is 55.8 Å². The molecule has 1 fully saturated rings. The lowest BCUT2D eigenvalue weighted by molar-refractivity contribution is -0.161. The summed E-state index contributed by atoms with van der Waals surface area (Å²) in [7, 11) is -8.73. The molecule has 3 aromatic heterocycles. The number of carboxylic acid groups (broad SMARTS) is 1. The van der Waals surface area contributed by atoms with Gasteiger partial charge in [0.05, 0.1) is 17.5 Å². The number of nitrogens with one attached hydrogen (secondary N) is 3. The van der Waals surface area contributed by atoms with Gasteiger partial charge in [-0.05, 0) is 27.2 Å². The molecule has 0 aromatic carbocycles. The van der Waals surface area contributed by atoms with Crippen LogP contribution in [0.5, 0.6) is 5.75 Å². The molecule has 4 amide bonds. The van der Waals surface area contributed by atoms with Gasteiger partial charge in [-0.25, -0.2) is 32.5 Å². The van der Waals surface area contributed by atoms with Gasteiger partial charge in [0.2, 0.25) is 11.0 Å². The fraction of sp³-hybridized carbons (Fsp3) is 0.400. The van der Waals surface area contributed by atoms with E-state index in [0.29, 0.717) is 4.90 Å². The number of amides is 4. The van der Waals surface area contributed by atoms with Crippen LogP contribution in [0.15, 0.2) is 32.4 Å². The van der Waals surface area contributed by atoms with Crippen LogP contribution in [0.4, 0.5) is 9.93 Å². The van der Waals surface area contributed by atoms with E-state index in [4.69, 9.17) is 10.6 Å². The molecule has 0 unspecified atom stereocenters. The largest absolute Gasteiger partial charge is 0.503 e. The SMILES string of the molecule is C[C@@H]1[C@H](NC(=O)/C(=N\OC(C)(C)C(=O)O)c2csc(N)n2)C(=O)N1C(=O)NS(=O)(=O)n1nc(-c2cc(=O)c(O)c[nH]2)n(CCCS(C)(=O)=O)c1=O. The number of aromatic hydroxyl groups is 1. The highest BCUT2D eigenvalue weighted by molar-refractivity contribution is 7.90. The van der Waals surface area contributed by atoms with Gasteiger partial charge in [-0.3, -0.25) is 23.9 Å². The molecule has 3 aromatic rings. The number of carbonyl (C=O) groups excluding carboxylic acids is 3. The highest BCUT2D eigenvalue weighted by atomic mass is 32.2. The average molecular weight is 775 g/mol. The number of nitrogen functional groups attached to an aromatic ring is 1. The summed E-state index contributed by atoms with van der Waals surface area (Å²) in [6.07, 6.45) is 1.59. The molecule has 26 heteroatoms. The highest BCUT2D eigenvalue weighted by Crippen LogP contribution is 2.22. The second kappa shape index (κ2) is 13.9. The first-order valence-electron chi connectivity index (χ1n) is 14.3. The number of oxime groups is 1. The number of likely N-dealkylation sites (tertiary alicyclic amines) is 1. The Morgan fingerprint density at radius 2 is 1.86 bits per heavy atom. The third-order valence-corrected chi connectivity index (χ3v) is 9.90. The first-order valence-corrected chi connectivity index (χ1v) is 18.6. The van der Waals surface area contributed by atoms with Gasteiger partial charge in [0.1, 0.15) is 21.6 Å². The number of imide groups is 1. The Labute approximate surface area is 290 Å². The molecule has 276 valence electrons. The van der Waals surface area contributed by atoms with E-state index < -0.39 is 102 Å². The molecule has 0 aliphatic carbocycles.